The summed E-state index contributed by atoms with van der Waals surface area (Å²) in [5.41, 5.74) is 4.83. The van der Waals surface area contributed by atoms with E-state index in [1.165, 1.54) is 10.6 Å². The topological polar surface area (TPSA) is 107 Å². The molecule has 1 atom stereocenters. The smallest absolute Gasteiger partial charge is 0.213 e. The number of sulfonamides is 1. The van der Waals surface area contributed by atoms with Gasteiger partial charge in [-0.3, -0.25) is 10.1 Å². The zero-order chi connectivity index (χ0) is 28.2. The number of hydrogen-bond acceptors (Lipinski definition) is 7. The number of hydrogen-bond donors (Lipinski definition) is 1. The van der Waals surface area contributed by atoms with E-state index in [1.807, 2.05) is 50.2 Å². The van der Waals surface area contributed by atoms with E-state index in [-0.39, 0.29) is 0 Å². The molecule has 0 unspecified atom stereocenters. The van der Waals surface area contributed by atoms with Crippen LogP contribution in [0.3, 0.4) is 0 Å². The molecule has 2 aromatic heterocycles. The van der Waals surface area contributed by atoms with Gasteiger partial charge in [0.25, 0.3) is 0 Å². The molecule has 12 heteroatoms. The summed E-state index contributed by atoms with van der Waals surface area (Å²) in [4.78, 5) is 4.20. The molecule has 40 heavy (non-hydrogen) atoms. The van der Waals surface area contributed by atoms with Crippen molar-refractivity contribution in [2.75, 3.05) is 19.3 Å². The molecule has 1 spiro atoms. The second kappa shape index (κ2) is 10.2. The number of halogens is 2. The minimum atomic E-state index is -3.23. The standard InChI is InChI=1S/C28H28Cl2N4O5S/c1-16-26(30)25(22(29)14-31-16)17(2)38-20-5-6-23-21(13-20)27(33-32-23)18-4-7-24-19(12-18)15-37-28(39-24)8-10-34(11-9-28)40(3,35)36/h4-7,12-14,17H,8-11,15H2,1-3H3,(H,32,33)/t17-/m1/s1. The fourth-order valence-corrected chi connectivity index (χ4v) is 6.78. The minimum absolute atomic E-state index is 0.364. The third-order valence-corrected chi connectivity index (χ3v) is 9.59. The van der Waals surface area contributed by atoms with Crippen molar-refractivity contribution in [3.8, 4) is 22.8 Å². The summed E-state index contributed by atoms with van der Waals surface area (Å²) in [7, 11) is -3.23. The van der Waals surface area contributed by atoms with Crippen LogP contribution in [0.4, 0.5) is 0 Å². The molecule has 2 aliphatic rings. The van der Waals surface area contributed by atoms with Crippen molar-refractivity contribution >= 4 is 44.1 Å². The van der Waals surface area contributed by atoms with Gasteiger partial charge in [-0.2, -0.15) is 5.10 Å². The highest BCUT2D eigenvalue weighted by atomic mass is 35.5. The van der Waals surface area contributed by atoms with Gasteiger partial charge in [0.1, 0.15) is 23.3 Å². The van der Waals surface area contributed by atoms with Gasteiger partial charge in [-0.1, -0.05) is 23.2 Å². The molecule has 0 amide bonds. The fourth-order valence-electron chi connectivity index (χ4n) is 5.28. The summed E-state index contributed by atoms with van der Waals surface area (Å²) in [5.74, 6) is 0.578. The monoisotopic (exact) mass is 602 g/mol. The Morgan fingerprint density at radius 2 is 1.93 bits per heavy atom. The Morgan fingerprint density at radius 3 is 2.67 bits per heavy atom. The minimum Gasteiger partial charge on any atom is -0.486 e. The van der Waals surface area contributed by atoms with E-state index in [0.29, 0.717) is 59.6 Å². The predicted molar refractivity (Wildman–Crippen MR) is 153 cm³/mol. The van der Waals surface area contributed by atoms with Crippen LogP contribution in [-0.2, 0) is 21.4 Å². The summed E-state index contributed by atoms with van der Waals surface area (Å²) < 4.78 is 44.0. The van der Waals surface area contributed by atoms with Crippen LogP contribution >= 0.6 is 23.2 Å². The van der Waals surface area contributed by atoms with Crippen LogP contribution in [0.25, 0.3) is 22.2 Å². The van der Waals surface area contributed by atoms with E-state index in [1.54, 1.807) is 6.20 Å². The normalized spacial score (nSPS) is 17.9. The molecule has 1 N–H and O–H groups in total. The van der Waals surface area contributed by atoms with E-state index < -0.39 is 21.9 Å². The van der Waals surface area contributed by atoms with Crippen molar-refractivity contribution in [2.24, 2.45) is 0 Å². The van der Waals surface area contributed by atoms with Gasteiger partial charge in [-0.15, -0.1) is 0 Å². The zero-order valence-electron chi connectivity index (χ0n) is 22.2. The summed E-state index contributed by atoms with van der Waals surface area (Å²) in [6, 6.07) is 11.6. The lowest BCUT2D eigenvalue weighted by Gasteiger charge is -2.43. The predicted octanol–water partition coefficient (Wildman–Crippen LogP) is 6.04. The van der Waals surface area contributed by atoms with Crippen LogP contribution in [0.2, 0.25) is 10.0 Å². The molecule has 0 radical (unpaired) electrons. The number of nitrogens with zero attached hydrogens (tertiary/aromatic N) is 3. The number of pyridine rings is 1. The van der Waals surface area contributed by atoms with Crippen LogP contribution in [-0.4, -0.2) is 53.0 Å². The van der Waals surface area contributed by atoms with E-state index in [4.69, 9.17) is 37.4 Å². The number of fused-ring (bicyclic) bond motifs is 2. The lowest BCUT2D eigenvalue weighted by Crippen LogP contribution is -2.52. The Morgan fingerprint density at radius 1 is 1.15 bits per heavy atom. The van der Waals surface area contributed by atoms with Crippen molar-refractivity contribution in [2.45, 2.75) is 45.2 Å². The molecule has 0 saturated carbocycles. The van der Waals surface area contributed by atoms with Gasteiger partial charge in [0.05, 0.1) is 34.1 Å². The molecular formula is C28H28Cl2N4O5S. The Labute approximate surface area is 242 Å². The summed E-state index contributed by atoms with van der Waals surface area (Å²) >= 11 is 12.9. The first-order chi connectivity index (χ1) is 19.0. The lowest BCUT2D eigenvalue weighted by molar-refractivity contribution is -0.223. The van der Waals surface area contributed by atoms with Crippen molar-refractivity contribution in [3.63, 3.8) is 0 Å². The maximum Gasteiger partial charge on any atom is 0.213 e. The molecule has 4 heterocycles. The van der Waals surface area contributed by atoms with Crippen LogP contribution in [0.5, 0.6) is 11.5 Å². The molecule has 1 saturated heterocycles. The second-order valence-electron chi connectivity index (χ2n) is 10.2. The number of piperidine rings is 1. The molecule has 210 valence electrons. The number of nitrogens with one attached hydrogen (secondary N) is 1. The van der Waals surface area contributed by atoms with Crippen LogP contribution in [0.1, 0.15) is 42.7 Å². The molecule has 2 aromatic carbocycles. The van der Waals surface area contributed by atoms with Gasteiger partial charge >= 0.3 is 0 Å². The average Bonchev–Trinajstić information content (AvgIpc) is 3.34. The number of aromatic nitrogens is 3. The van der Waals surface area contributed by atoms with Crippen molar-refractivity contribution in [3.05, 3.63) is 69.5 Å². The van der Waals surface area contributed by atoms with Crippen molar-refractivity contribution in [1.82, 2.24) is 19.5 Å². The molecule has 4 aromatic rings. The summed E-state index contributed by atoms with van der Waals surface area (Å²) in [6.45, 7) is 4.83. The highest BCUT2D eigenvalue weighted by Crippen LogP contribution is 2.41. The number of aryl methyl sites for hydroxylation is 1. The number of rotatable bonds is 5. The van der Waals surface area contributed by atoms with Gasteiger partial charge in [-0.05, 0) is 50.2 Å². The largest absolute Gasteiger partial charge is 0.486 e. The first kappa shape index (κ1) is 27.3. The van der Waals surface area contributed by atoms with E-state index in [2.05, 4.69) is 15.2 Å². The molecule has 9 nitrogen and oxygen atoms in total. The Balaban J connectivity index is 1.24. The van der Waals surface area contributed by atoms with Gasteiger partial charge in [-0.25, -0.2) is 12.7 Å². The first-order valence-electron chi connectivity index (χ1n) is 12.9. The summed E-state index contributed by atoms with van der Waals surface area (Å²) in [6.07, 6.45) is 3.36. The van der Waals surface area contributed by atoms with Crippen LogP contribution in [0, 0.1) is 6.92 Å². The molecule has 2 aliphatic heterocycles. The van der Waals surface area contributed by atoms with E-state index >= 15 is 0 Å². The highest BCUT2D eigenvalue weighted by Gasteiger charge is 2.42. The maximum atomic E-state index is 11.9. The van der Waals surface area contributed by atoms with Gasteiger partial charge in [0.2, 0.25) is 15.8 Å². The van der Waals surface area contributed by atoms with Crippen molar-refractivity contribution in [1.29, 1.82) is 0 Å². The van der Waals surface area contributed by atoms with Gasteiger partial charge < -0.3 is 14.2 Å². The Hall–Kier alpha value is -2.89. The number of benzene rings is 2. The van der Waals surface area contributed by atoms with Gasteiger partial charge in [0.15, 0.2) is 0 Å². The number of aromatic amines is 1. The van der Waals surface area contributed by atoms with Crippen LogP contribution < -0.4 is 9.47 Å². The first-order valence-corrected chi connectivity index (χ1v) is 15.5. The lowest BCUT2D eigenvalue weighted by atomic mass is 10.0. The fraction of sp³-hybridized carbons (Fsp3) is 0.357. The second-order valence-corrected chi connectivity index (χ2v) is 13.0. The Kier molecular flexibility index (Phi) is 6.95. The highest BCUT2D eigenvalue weighted by molar-refractivity contribution is 7.88. The average molecular weight is 604 g/mol. The molecule has 0 aliphatic carbocycles. The van der Waals surface area contributed by atoms with E-state index in [0.717, 1.165) is 33.5 Å². The summed E-state index contributed by atoms with van der Waals surface area (Å²) in [5, 5.41) is 9.51. The molecule has 0 bridgehead atoms. The molecule has 6 rings (SSSR count). The van der Waals surface area contributed by atoms with Crippen molar-refractivity contribution < 1.29 is 22.6 Å². The maximum absolute atomic E-state index is 11.9. The van der Waals surface area contributed by atoms with Gasteiger partial charge in [0, 0.05) is 54.2 Å². The van der Waals surface area contributed by atoms with Crippen LogP contribution in [0.15, 0.2) is 42.6 Å². The molecular weight excluding hydrogens is 575 g/mol. The SMILES string of the molecule is Cc1ncc(Cl)c([C@@H](C)Oc2ccc3[nH]nc(-c4ccc5c(c4)COC4(CCN(S(C)(=O)=O)CC4)O5)c3c2)c1Cl. The number of ether oxygens (including phenoxy) is 3. The Bertz CT molecular complexity index is 1720. The quantitative estimate of drug-likeness (QED) is 0.297. The third-order valence-electron chi connectivity index (χ3n) is 7.51. The molecule has 1 fully saturated rings. The van der Waals surface area contributed by atoms with E-state index in [9.17, 15) is 8.42 Å². The zero-order valence-corrected chi connectivity index (χ0v) is 24.5. The number of H-pyrrole nitrogens is 1. The third kappa shape index (κ3) is 5.03.